The molecule has 0 saturated carbocycles. The first-order valence-corrected chi connectivity index (χ1v) is 7.23. The molecule has 1 fully saturated rings. The Morgan fingerprint density at radius 1 is 1.36 bits per heavy atom. The summed E-state index contributed by atoms with van der Waals surface area (Å²) in [6.45, 7) is 6.69. The van der Waals surface area contributed by atoms with Crippen molar-refractivity contribution >= 4 is 24.2 Å². The second-order valence-electron chi connectivity index (χ2n) is 5.21. The van der Waals surface area contributed by atoms with Crippen LogP contribution >= 0.6 is 12.4 Å². The maximum atomic E-state index is 12.5. The maximum Gasteiger partial charge on any atom is 0.259 e. The van der Waals surface area contributed by atoms with E-state index < -0.39 is 0 Å². The molecule has 0 unspecified atom stereocenters. The molecule has 2 rings (SSSR count). The van der Waals surface area contributed by atoms with Crippen LogP contribution in [-0.2, 0) is 11.2 Å². The molecule has 1 N–H and O–H groups in total. The minimum Gasteiger partial charge on any atom is -0.360 e. The zero-order valence-electron chi connectivity index (χ0n) is 13.2. The van der Waals surface area contributed by atoms with Crippen molar-refractivity contribution in [2.45, 2.75) is 20.3 Å². The van der Waals surface area contributed by atoms with Gasteiger partial charge in [0.2, 0.25) is 5.91 Å². The lowest BCUT2D eigenvalue weighted by molar-refractivity contribution is -0.132. The van der Waals surface area contributed by atoms with Crippen molar-refractivity contribution in [3.63, 3.8) is 0 Å². The largest absolute Gasteiger partial charge is 0.360 e. The van der Waals surface area contributed by atoms with E-state index in [0.29, 0.717) is 36.5 Å². The van der Waals surface area contributed by atoms with Crippen LogP contribution in [0.2, 0.25) is 0 Å². The molecule has 1 aliphatic heterocycles. The molecule has 1 aliphatic rings. The SMILES string of the molecule is CCc1onc(C)c1C(=O)N(C)CC(=O)N1CCNCC1.Cl. The molecule has 0 radical (unpaired) electrons. The van der Waals surface area contributed by atoms with Crippen molar-refractivity contribution < 1.29 is 14.1 Å². The fraction of sp³-hybridized carbons (Fsp3) is 0.643. The molecule has 0 aliphatic carbocycles. The van der Waals surface area contributed by atoms with Gasteiger partial charge < -0.3 is 19.6 Å². The highest BCUT2D eigenvalue weighted by atomic mass is 35.5. The number of nitrogens with zero attached hydrogens (tertiary/aromatic N) is 3. The molecule has 124 valence electrons. The van der Waals surface area contributed by atoms with E-state index in [-0.39, 0.29) is 30.8 Å². The zero-order valence-corrected chi connectivity index (χ0v) is 14.0. The summed E-state index contributed by atoms with van der Waals surface area (Å²) in [5, 5.41) is 7.03. The third kappa shape index (κ3) is 3.98. The summed E-state index contributed by atoms with van der Waals surface area (Å²) < 4.78 is 5.14. The monoisotopic (exact) mass is 330 g/mol. The fourth-order valence-corrected chi connectivity index (χ4v) is 2.41. The predicted octanol–water partition coefficient (Wildman–Crippen LogP) is 0.471. The first-order chi connectivity index (χ1) is 10.0. The van der Waals surface area contributed by atoms with Crippen LogP contribution < -0.4 is 5.32 Å². The van der Waals surface area contributed by atoms with Gasteiger partial charge in [-0.15, -0.1) is 12.4 Å². The van der Waals surface area contributed by atoms with E-state index in [4.69, 9.17) is 4.52 Å². The number of hydrogen-bond acceptors (Lipinski definition) is 5. The molecule has 0 bridgehead atoms. The summed E-state index contributed by atoms with van der Waals surface area (Å²) in [5.74, 6) is 0.326. The van der Waals surface area contributed by atoms with Crippen LogP contribution in [0, 0.1) is 6.92 Å². The molecule has 22 heavy (non-hydrogen) atoms. The van der Waals surface area contributed by atoms with E-state index >= 15 is 0 Å². The van der Waals surface area contributed by atoms with E-state index in [1.807, 2.05) is 6.92 Å². The number of hydrogen-bond donors (Lipinski definition) is 1. The topological polar surface area (TPSA) is 78.7 Å². The van der Waals surface area contributed by atoms with Gasteiger partial charge in [0.05, 0.1) is 12.2 Å². The van der Waals surface area contributed by atoms with Gasteiger partial charge in [0, 0.05) is 39.6 Å². The Morgan fingerprint density at radius 2 is 2.00 bits per heavy atom. The molecule has 8 heteroatoms. The van der Waals surface area contributed by atoms with Crippen molar-refractivity contribution in [3.05, 3.63) is 17.0 Å². The number of aryl methyl sites for hydroxylation is 2. The molecule has 2 amide bonds. The summed E-state index contributed by atoms with van der Waals surface area (Å²) in [7, 11) is 1.63. The van der Waals surface area contributed by atoms with Crippen molar-refractivity contribution in [2.75, 3.05) is 39.8 Å². The molecule has 7 nitrogen and oxygen atoms in total. The van der Waals surface area contributed by atoms with E-state index in [1.54, 1.807) is 18.9 Å². The Bertz CT molecular complexity index is 526. The number of carbonyl (C=O) groups excluding carboxylic acids is 2. The Labute approximate surface area is 136 Å². The van der Waals surface area contributed by atoms with Gasteiger partial charge in [0.25, 0.3) is 5.91 Å². The zero-order chi connectivity index (χ0) is 15.4. The molecule has 0 aromatic carbocycles. The first-order valence-electron chi connectivity index (χ1n) is 7.23. The number of nitrogens with one attached hydrogen (secondary N) is 1. The number of amides is 2. The number of carbonyl (C=O) groups is 2. The van der Waals surface area contributed by atoms with Crippen LogP contribution in [0.15, 0.2) is 4.52 Å². The molecule has 2 heterocycles. The number of halogens is 1. The van der Waals surface area contributed by atoms with Crippen molar-refractivity contribution in [1.29, 1.82) is 0 Å². The minimum atomic E-state index is -0.214. The molecule has 0 atom stereocenters. The van der Waals surface area contributed by atoms with Gasteiger partial charge in [-0.05, 0) is 6.92 Å². The average molecular weight is 331 g/mol. The first kappa shape index (κ1) is 18.4. The fourth-order valence-electron chi connectivity index (χ4n) is 2.41. The number of likely N-dealkylation sites (N-methyl/N-ethyl adjacent to an activating group) is 1. The van der Waals surface area contributed by atoms with Crippen LogP contribution in [-0.4, -0.2) is 66.5 Å². The van der Waals surface area contributed by atoms with Gasteiger partial charge in [-0.25, -0.2) is 0 Å². The summed E-state index contributed by atoms with van der Waals surface area (Å²) in [5.41, 5.74) is 1.05. The molecule has 0 spiro atoms. The summed E-state index contributed by atoms with van der Waals surface area (Å²) in [6.07, 6.45) is 0.599. The van der Waals surface area contributed by atoms with Crippen molar-refractivity contribution in [2.24, 2.45) is 0 Å². The Morgan fingerprint density at radius 3 is 2.59 bits per heavy atom. The average Bonchev–Trinajstić information content (AvgIpc) is 2.88. The van der Waals surface area contributed by atoms with Crippen molar-refractivity contribution in [3.8, 4) is 0 Å². The van der Waals surface area contributed by atoms with E-state index in [1.165, 1.54) is 4.90 Å². The van der Waals surface area contributed by atoms with Gasteiger partial charge in [-0.1, -0.05) is 12.1 Å². The van der Waals surface area contributed by atoms with Crippen LogP contribution in [0.3, 0.4) is 0 Å². The van der Waals surface area contributed by atoms with Gasteiger partial charge in [0.15, 0.2) is 0 Å². The second kappa shape index (κ2) is 8.14. The highest BCUT2D eigenvalue weighted by molar-refractivity contribution is 5.98. The van der Waals surface area contributed by atoms with Crippen LogP contribution in [0.1, 0.15) is 28.7 Å². The lowest BCUT2D eigenvalue weighted by atomic mass is 10.1. The van der Waals surface area contributed by atoms with Gasteiger partial charge >= 0.3 is 0 Å². The number of aromatic nitrogens is 1. The normalized spacial score (nSPS) is 14.4. The Balaban J connectivity index is 0.00000242. The molecule has 1 aromatic rings. The lowest BCUT2D eigenvalue weighted by Gasteiger charge is -2.29. The molecular formula is C14H23ClN4O3. The minimum absolute atomic E-state index is 0. The third-order valence-electron chi connectivity index (χ3n) is 3.66. The maximum absolute atomic E-state index is 12.5. The van der Waals surface area contributed by atoms with Gasteiger partial charge in [-0.3, -0.25) is 9.59 Å². The van der Waals surface area contributed by atoms with Gasteiger partial charge in [-0.2, -0.15) is 0 Å². The Kier molecular flexibility index (Phi) is 6.83. The smallest absolute Gasteiger partial charge is 0.259 e. The van der Waals surface area contributed by atoms with Crippen molar-refractivity contribution in [1.82, 2.24) is 20.3 Å². The Hall–Kier alpha value is -1.60. The highest BCUT2D eigenvalue weighted by Crippen LogP contribution is 2.16. The standard InChI is InChI=1S/C14H22N4O3.ClH/c1-4-11-13(10(2)16-21-11)14(20)17(3)9-12(19)18-7-5-15-6-8-18;/h15H,4-9H2,1-3H3;1H. The predicted molar refractivity (Wildman–Crippen MR) is 84.3 cm³/mol. The van der Waals surface area contributed by atoms with E-state index in [9.17, 15) is 9.59 Å². The number of rotatable bonds is 4. The summed E-state index contributed by atoms with van der Waals surface area (Å²) >= 11 is 0. The van der Waals surface area contributed by atoms with Gasteiger partial charge in [0.1, 0.15) is 11.3 Å². The summed E-state index contributed by atoms with van der Waals surface area (Å²) in [4.78, 5) is 27.9. The second-order valence-corrected chi connectivity index (χ2v) is 5.21. The number of piperazine rings is 1. The molecule has 1 saturated heterocycles. The van der Waals surface area contributed by atoms with Crippen LogP contribution in [0.4, 0.5) is 0 Å². The molecule has 1 aromatic heterocycles. The van der Waals surface area contributed by atoms with Crippen LogP contribution in [0.5, 0.6) is 0 Å². The van der Waals surface area contributed by atoms with Crippen LogP contribution in [0.25, 0.3) is 0 Å². The molecular weight excluding hydrogens is 308 g/mol. The highest BCUT2D eigenvalue weighted by Gasteiger charge is 2.25. The lowest BCUT2D eigenvalue weighted by Crippen LogP contribution is -2.49. The quantitative estimate of drug-likeness (QED) is 0.868. The third-order valence-corrected chi connectivity index (χ3v) is 3.66. The van der Waals surface area contributed by atoms with E-state index in [0.717, 1.165) is 13.1 Å². The van der Waals surface area contributed by atoms with E-state index in [2.05, 4.69) is 10.5 Å². The summed E-state index contributed by atoms with van der Waals surface area (Å²) in [6, 6.07) is 0.